The maximum Gasteiger partial charge on any atom is 0.152 e. The maximum absolute atomic E-state index is 5.63. The molecular weight excluding hydrogens is 318 g/mol. The number of anilines is 1. The molecule has 20 heavy (non-hydrogen) atoms. The molecule has 3 aromatic rings. The summed E-state index contributed by atoms with van der Waals surface area (Å²) in [4.78, 5) is 0. The number of hydrogen-bond acceptors (Lipinski definition) is 3. The van der Waals surface area contributed by atoms with Gasteiger partial charge in [0, 0.05) is 22.3 Å². The van der Waals surface area contributed by atoms with Crippen LogP contribution in [0.3, 0.4) is 0 Å². The Morgan fingerprint density at radius 3 is 2.70 bits per heavy atom. The summed E-state index contributed by atoms with van der Waals surface area (Å²) in [6.45, 7) is 2.62. The fourth-order valence-corrected chi connectivity index (χ4v) is 2.26. The van der Waals surface area contributed by atoms with Crippen molar-refractivity contribution >= 4 is 21.6 Å². The van der Waals surface area contributed by atoms with Gasteiger partial charge >= 0.3 is 0 Å². The van der Waals surface area contributed by atoms with E-state index in [0.29, 0.717) is 6.54 Å². The third kappa shape index (κ3) is 2.77. The zero-order valence-corrected chi connectivity index (χ0v) is 12.6. The van der Waals surface area contributed by atoms with Gasteiger partial charge in [-0.15, -0.1) is 0 Å². The van der Waals surface area contributed by atoms with Gasteiger partial charge in [-0.3, -0.25) is 5.10 Å². The van der Waals surface area contributed by atoms with Crippen LogP contribution in [0, 0.1) is 6.92 Å². The Kier molecular flexibility index (Phi) is 3.60. The second-order valence-corrected chi connectivity index (χ2v) is 5.46. The van der Waals surface area contributed by atoms with Crippen LogP contribution < -0.4 is 5.32 Å². The number of aryl methyl sites for hydroxylation is 1. The molecular formula is C15H14BrN3O. The van der Waals surface area contributed by atoms with Crippen LogP contribution in [0.4, 0.5) is 5.69 Å². The van der Waals surface area contributed by atoms with E-state index >= 15 is 0 Å². The summed E-state index contributed by atoms with van der Waals surface area (Å²) in [5.41, 5.74) is 3.06. The normalized spacial score (nSPS) is 10.7. The highest BCUT2D eigenvalue weighted by Gasteiger charge is 2.10. The van der Waals surface area contributed by atoms with Crippen molar-refractivity contribution in [3.05, 3.63) is 58.4 Å². The van der Waals surface area contributed by atoms with Crippen LogP contribution in [0.2, 0.25) is 0 Å². The van der Waals surface area contributed by atoms with E-state index in [1.807, 2.05) is 49.5 Å². The van der Waals surface area contributed by atoms with Crippen LogP contribution in [0.5, 0.6) is 0 Å². The molecule has 0 fully saturated rings. The van der Waals surface area contributed by atoms with Crippen molar-refractivity contribution in [1.82, 2.24) is 10.2 Å². The lowest BCUT2D eigenvalue weighted by Crippen LogP contribution is -1.99. The smallest absolute Gasteiger partial charge is 0.152 e. The largest absolute Gasteiger partial charge is 0.460 e. The molecule has 102 valence electrons. The van der Waals surface area contributed by atoms with Gasteiger partial charge in [0.1, 0.15) is 11.5 Å². The lowest BCUT2D eigenvalue weighted by molar-refractivity contribution is 0.545. The first-order chi connectivity index (χ1) is 9.72. The number of nitrogens with zero attached hydrogens (tertiary/aromatic N) is 1. The van der Waals surface area contributed by atoms with Crippen molar-refractivity contribution in [3.8, 4) is 11.5 Å². The summed E-state index contributed by atoms with van der Waals surface area (Å²) in [6.07, 6.45) is 1.82. The number of nitrogens with one attached hydrogen (secondary N) is 2. The van der Waals surface area contributed by atoms with Crippen LogP contribution in [-0.4, -0.2) is 10.2 Å². The average molecular weight is 332 g/mol. The molecule has 0 aliphatic carbocycles. The molecule has 0 unspecified atom stereocenters. The van der Waals surface area contributed by atoms with Crippen molar-refractivity contribution in [3.63, 3.8) is 0 Å². The summed E-state index contributed by atoms with van der Waals surface area (Å²) in [5, 5.41) is 10.5. The Balaban J connectivity index is 1.75. The highest BCUT2D eigenvalue weighted by molar-refractivity contribution is 9.10. The Hall–Kier alpha value is -2.01. The van der Waals surface area contributed by atoms with Gasteiger partial charge in [0.2, 0.25) is 0 Å². The second kappa shape index (κ2) is 5.54. The predicted molar refractivity (Wildman–Crippen MR) is 82.5 cm³/mol. The molecule has 2 heterocycles. The number of halogens is 1. The summed E-state index contributed by atoms with van der Waals surface area (Å²) in [6, 6.07) is 12.0. The molecule has 2 aromatic heterocycles. The predicted octanol–water partition coefficient (Wildman–Crippen LogP) is 4.35. The Morgan fingerprint density at radius 1 is 1.20 bits per heavy atom. The van der Waals surface area contributed by atoms with E-state index in [-0.39, 0.29) is 0 Å². The van der Waals surface area contributed by atoms with Crippen molar-refractivity contribution in [2.75, 3.05) is 5.32 Å². The molecule has 2 N–H and O–H groups in total. The minimum atomic E-state index is 0.688. The standard InChI is InChI=1S/C15H14BrN3O/c1-10-2-7-14(20-10)15-11(9-18-19-15)8-17-13-5-3-12(16)4-6-13/h2-7,9,17H,8H2,1H3,(H,18,19). The summed E-state index contributed by atoms with van der Waals surface area (Å²) >= 11 is 3.42. The van der Waals surface area contributed by atoms with Gasteiger partial charge in [-0.1, -0.05) is 15.9 Å². The van der Waals surface area contributed by atoms with Crippen molar-refractivity contribution in [1.29, 1.82) is 0 Å². The highest BCUT2D eigenvalue weighted by Crippen LogP contribution is 2.24. The lowest BCUT2D eigenvalue weighted by atomic mass is 10.2. The molecule has 0 atom stereocenters. The topological polar surface area (TPSA) is 53.9 Å². The number of benzene rings is 1. The van der Waals surface area contributed by atoms with Crippen LogP contribution in [0.25, 0.3) is 11.5 Å². The number of aromatic nitrogens is 2. The van der Waals surface area contributed by atoms with Gasteiger partial charge < -0.3 is 9.73 Å². The molecule has 0 radical (unpaired) electrons. The first-order valence-electron chi connectivity index (χ1n) is 6.31. The van der Waals surface area contributed by atoms with E-state index in [1.165, 1.54) is 0 Å². The van der Waals surface area contributed by atoms with E-state index in [0.717, 1.165) is 32.9 Å². The van der Waals surface area contributed by atoms with Gasteiger partial charge in [-0.25, -0.2) is 0 Å². The zero-order chi connectivity index (χ0) is 13.9. The van der Waals surface area contributed by atoms with Gasteiger partial charge in [-0.2, -0.15) is 5.10 Å². The van der Waals surface area contributed by atoms with Gasteiger partial charge in [0.25, 0.3) is 0 Å². The SMILES string of the molecule is Cc1ccc(-c2[nH]ncc2CNc2ccc(Br)cc2)o1. The monoisotopic (exact) mass is 331 g/mol. The van der Waals surface area contributed by atoms with E-state index in [4.69, 9.17) is 4.42 Å². The van der Waals surface area contributed by atoms with E-state index in [2.05, 4.69) is 31.4 Å². The summed E-state index contributed by atoms with van der Waals surface area (Å²) in [7, 11) is 0. The third-order valence-corrected chi connectivity index (χ3v) is 3.56. The number of rotatable bonds is 4. The van der Waals surface area contributed by atoms with Crippen LogP contribution in [0.15, 0.2) is 51.5 Å². The second-order valence-electron chi connectivity index (χ2n) is 4.54. The molecule has 0 spiro atoms. The van der Waals surface area contributed by atoms with Crippen LogP contribution in [0.1, 0.15) is 11.3 Å². The Bertz CT molecular complexity index is 700. The number of furan rings is 1. The molecule has 1 aromatic carbocycles. The van der Waals surface area contributed by atoms with Crippen molar-refractivity contribution < 1.29 is 4.42 Å². The van der Waals surface area contributed by atoms with E-state index < -0.39 is 0 Å². The lowest BCUT2D eigenvalue weighted by Gasteiger charge is -2.06. The molecule has 0 saturated carbocycles. The highest BCUT2D eigenvalue weighted by atomic mass is 79.9. The van der Waals surface area contributed by atoms with Crippen LogP contribution >= 0.6 is 15.9 Å². The van der Waals surface area contributed by atoms with E-state index in [9.17, 15) is 0 Å². The third-order valence-electron chi connectivity index (χ3n) is 3.03. The minimum Gasteiger partial charge on any atom is -0.460 e. The van der Waals surface area contributed by atoms with Gasteiger partial charge in [0.15, 0.2) is 5.76 Å². The molecule has 0 saturated heterocycles. The summed E-state index contributed by atoms with van der Waals surface area (Å²) in [5.74, 6) is 1.70. The summed E-state index contributed by atoms with van der Waals surface area (Å²) < 4.78 is 6.70. The number of aromatic amines is 1. The van der Waals surface area contributed by atoms with Crippen LogP contribution in [-0.2, 0) is 6.54 Å². The maximum atomic E-state index is 5.63. The Labute approximate surface area is 125 Å². The molecule has 0 aliphatic rings. The van der Waals surface area contributed by atoms with Gasteiger partial charge in [-0.05, 0) is 43.3 Å². The Morgan fingerprint density at radius 2 is 2.00 bits per heavy atom. The molecule has 4 nitrogen and oxygen atoms in total. The molecule has 3 rings (SSSR count). The fraction of sp³-hybridized carbons (Fsp3) is 0.133. The minimum absolute atomic E-state index is 0.688. The van der Waals surface area contributed by atoms with Crippen molar-refractivity contribution in [2.45, 2.75) is 13.5 Å². The van der Waals surface area contributed by atoms with Gasteiger partial charge in [0.05, 0.1) is 6.20 Å². The molecule has 0 amide bonds. The molecule has 0 aliphatic heterocycles. The fourth-order valence-electron chi connectivity index (χ4n) is 1.99. The molecule has 0 bridgehead atoms. The first kappa shape index (κ1) is 13.0. The van der Waals surface area contributed by atoms with E-state index in [1.54, 1.807) is 0 Å². The number of hydrogen-bond donors (Lipinski definition) is 2. The first-order valence-corrected chi connectivity index (χ1v) is 7.10. The average Bonchev–Trinajstić information content (AvgIpc) is 3.06. The quantitative estimate of drug-likeness (QED) is 0.747. The zero-order valence-electron chi connectivity index (χ0n) is 11.0. The molecule has 5 heteroatoms. The van der Waals surface area contributed by atoms with Crippen molar-refractivity contribution in [2.24, 2.45) is 0 Å². The number of H-pyrrole nitrogens is 1.